The number of halogens is 1. The topological polar surface area (TPSA) is 108 Å². The van der Waals surface area contributed by atoms with Gasteiger partial charge in [0.2, 0.25) is 5.91 Å². The number of nitrogens with one attached hydrogen (secondary N) is 1. The summed E-state index contributed by atoms with van der Waals surface area (Å²) in [6.45, 7) is 3.79. The van der Waals surface area contributed by atoms with Crippen LogP contribution in [0, 0.1) is 15.9 Å². The first kappa shape index (κ1) is 22.3. The van der Waals surface area contributed by atoms with E-state index in [0.29, 0.717) is 43.2 Å². The monoisotopic (exact) mass is 457 g/mol. The van der Waals surface area contributed by atoms with Gasteiger partial charge in [-0.1, -0.05) is 12.1 Å². The van der Waals surface area contributed by atoms with Crippen LogP contribution in [-0.4, -0.2) is 62.3 Å². The average Bonchev–Trinajstić information content (AvgIpc) is 3.18. The second-order valence-electron chi connectivity index (χ2n) is 7.91. The third kappa shape index (κ3) is 4.81. The predicted molar refractivity (Wildman–Crippen MR) is 120 cm³/mol. The van der Waals surface area contributed by atoms with E-state index < -0.39 is 22.9 Å². The van der Waals surface area contributed by atoms with Gasteiger partial charge in [0.05, 0.1) is 29.4 Å². The molecule has 0 saturated carbocycles. The Labute approximate surface area is 189 Å². The quantitative estimate of drug-likeness (QED) is 0.525. The first-order valence-corrected chi connectivity index (χ1v) is 10.6. The minimum absolute atomic E-state index is 0.0517. The number of benzene rings is 2. The van der Waals surface area contributed by atoms with Gasteiger partial charge in [-0.25, -0.2) is 9.18 Å². The molecule has 4 rings (SSSR count). The van der Waals surface area contributed by atoms with Gasteiger partial charge in [-0.3, -0.25) is 19.8 Å². The molecule has 2 aromatic rings. The average molecular weight is 457 g/mol. The van der Waals surface area contributed by atoms with Crippen molar-refractivity contribution in [3.63, 3.8) is 0 Å². The number of hydrogen-bond donors (Lipinski definition) is 1. The number of nitrogens with zero attached hydrogens (tertiary/aromatic N) is 4. The molecule has 33 heavy (non-hydrogen) atoms. The highest BCUT2D eigenvalue weighted by Gasteiger charge is 2.33. The van der Waals surface area contributed by atoms with Crippen LogP contribution in [-0.2, 0) is 9.53 Å². The third-order valence-electron chi connectivity index (χ3n) is 5.74. The fourth-order valence-electron chi connectivity index (χ4n) is 4.09. The number of ether oxygens (including phenoxy) is 1. The summed E-state index contributed by atoms with van der Waals surface area (Å²) in [4.78, 5) is 39.3. The van der Waals surface area contributed by atoms with Crippen LogP contribution >= 0.6 is 0 Å². The summed E-state index contributed by atoms with van der Waals surface area (Å²) in [6.07, 6.45) is -1.09. The Hall–Kier alpha value is -3.89. The molecule has 2 amide bonds. The van der Waals surface area contributed by atoms with Gasteiger partial charge in [-0.2, -0.15) is 0 Å². The molecule has 2 heterocycles. The Bertz CT molecular complexity index is 1070. The van der Waals surface area contributed by atoms with Crippen LogP contribution in [0.1, 0.15) is 6.92 Å². The molecule has 0 bridgehead atoms. The predicted octanol–water partition coefficient (Wildman–Crippen LogP) is 2.52. The normalized spacial score (nSPS) is 18.3. The zero-order valence-electron chi connectivity index (χ0n) is 18.1. The summed E-state index contributed by atoms with van der Waals surface area (Å²) in [7, 11) is 0. The molecule has 2 fully saturated rings. The van der Waals surface area contributed by atoms with Crippen molar-refractivity contribution in [1.29, 1.82) is 0 Å². The van der Waals surface area contributed by atoms with E-state index in [4.69, 9.17) is 4.74 Å². The van der Waals surface area contributed by atoms with Gasteiger partial charge in [-0.05, 0) is 24.3 Å². The lowest BCUT2D eigenvalue weighted by Gasteiger charge is -2.37. The molecule has 2 aliphatic heterocycles. The molecule has 10 nitrogen and oxygen atoms in total. The van der Waals surface area contributed by atoms with Crippen molar-refractivity contribution in [3.8, 4) is 0 Å². The largest absolute Gasteiger partial charge is 0.442 e. The molecule has 0 unspecified atom stereocenters. The maximum absolute atomic E-state index is 15.0. The van der Waals surface area contributed by atoms with Gasteiger partial charge >= 0.3 is 6.09 Å². The molecule has 0 aromatic heterocycles. The Morgan fingerprint density at radius 1 is 1.15 bits per heavy atom. The maximum Gasteiger partial charge on any atom is 0.414 e. The standard InChI is InChI=1S/C22H24FN5O5/c1-15(29)24-13-17-14-27(22(30)33-17)16-6-7-19(18(23)12-16)25-8-10-26(11-9-25)20-4-2-3-5-21(20)28(31)32/h2-7,12,17H,8-11,13-14H2,1H3,(H,24,29)/t17-/m0/s1. The number of nitro benzene ring substituents is 1. The van der Waals surface area contributed by atoms with Crippen LogP contribution in [0.2, 0.25) is 0 Å². The van der Waals surface area contributed by atoms with Gasteiger partial charge in [0.15, 0.2) is 0 Å². The molecular formula is C22H24FN5O5. The number of hydrogen-bond acceptors (Lipinski definition) is 7. The van der Waals surface area contributed by atoms with Crippen molar-refractivity contribution >= 4 is 34.7 Å². The van der Waals surface area contributed by atoms with E-state index in [1.165, 1.54) is 24.0 Å². The third-order valence-corrected chi connectivity index (χ3v) is 5.74. The van der Waals surface area contributed by atoms with E-state index >= 15 is 0 Å². The number of para-hydroxylation sites is 2. The summed E-state index contributed by atoms with van der Waals surface area (Å²) in [5, 5.41) is 13.9. The number of piperazine rings is 1. The molecular weight excluding hydrogens is 433 g/mol. The molecule has 2 saturated heterocycles. The summed E-state index contributed by atoms with van der Waals surface area (Å²) in [5.74, 6) is -0.688. The second kappa shape index (κ2) is 9.31. The molecule has 11 heteroatoms. The van der Waals surface area contributed by atoms with Crippen LogP contribution < -0.4 is 20.0 Å². The highest BCUT2D eigenvalue weighted by atomic mass is 19.1. The molecule has 2 aromatic carbocycles. The summed E-state index contributed by atoms with van der Waals surface area (Å²) in [5.41, 5.74) is 1.39. The molecule has 2 aliphatic rings. The van der Waals surface area contributed by atoms with Gasteiger partial charge in [0.1, 0.15) is 17.6 Å². The fraction of sp³-hybridized carbons (Fsp3) is 0.364. The number of nitro groups is 1. The summed E-state index contributed by atoms with van der Waals surface area (Å²) < 4.78 is 20.2. The molecule has 0 radical (unpaired) electrons. The molecule has 0 aliphatic carbocycles. The number of amides is 2. The van der Waals surface area contributed by atoms with E-state index in [9.17, 15) is 24.1 Å². The van der Waals surface area contributed by atoms with Gasteiger partial charge in [-0.15, -0.1) is 0 Å². The maximum atomic E-state index is 15.0. The summed E-state index contributed by atoms with van der Waals surface area (Å²) in [6, 6.07) is 11.2. The second-order valence-corrected chi connectivity index (χ2v) is 7.91. The van der Waals surface area contributed by atoms with Crippen molar-refractivity contribution in [1.82, 2.24) is 5.32 Å². The van der Waals surface area contributed by atoms with Crippen LogP contribution in [0.3, 0.4) is 0 Å². The van der Waals surface area contributed by atoms with Crippen LogP contribution in [0.15, 0.2) is 42.5 Å². The Morgan fingerprint density at radius 2 is 1.82 bits per heavy atom. The van der Waals surface area contributed by atoms with E-state index in [1.807, 2.05) is 9.80 Å². The Morgan fingerprint density at radius 3 is 2.45 bits per heavy atom. The van der Waals surface area contributed by atoms with Crippen molar-refractivity contribution in [2.75, 3.05) is 54.0 Å². The Kier molecular flexibility index (Phi) is 6.29. The molecule has 1 atom stereocenters. The summed E-state index contributed by atoms with van der Waals surface area (Å²) >= 11 is 0. The number of cyclic esters (lactones) is 1. The number of carbonyl (C=O) groups excluding carboxylic acids is 2. The highest BCUT2D eigenvalue weighted by Crippen LogP contribution is 2.31. The van der Waals surface area contributed by atoms with Crippen molar-refractivity contribution < 1.29 is 23.6 Å². The van der Waals surface area contributed by atoms with Crippen LogP contribution in [0.5, 0.6) is 0 Å². The minimum Gasteiger partial charge on any atom is -0.442 e. The SMILES string of the molecule is CC(=O)NC[C@H]1CN(c2ccc(N3CCN(c4ccccc4[N+](=O)[O-])CC3)c(F)c2)C(=O)O1. The van der Waals surface area contributed by atoms with Gasteiger partial charge in [0, 0.05) is 39.2 Å². The first-order chi connectivity index (χ1) is 15.8. The fourth-order valence-corrected chi connectivity index (χ4v) is 4.09. The molecule has 1 N–H and O–H groups in total. The number of anilines is 3. The number of rotatable bonds is 6. The van der Waals surface area contributed by atoms with E-state index in [1.54, 1.807) is 30.3 Å². The van der Waals surface area contributed by atoms with Crippen molar-refractivity contribution in [2.24, 2.45) is 0 Å². The highest BCUT2D eigenvalue weighted by molar-refractivity contribution is 5.90. The van der Waals surface area contributed by atoms with E-state index in [2.05, 4.69) is 5.32 Å². The van der Waals surface area contributed by atoms with E-state index in [0.717, 1.165) is 0 Å². The zero-order chi connectivity index (χ0) is 23.5. The molecule has 0 spiro atoms. The zero-order valence-corrected chi connectivity index (χ0v) is 18.1. The van der Waals surface area contributed by atoms with Gasteiger partial charge in [0.25, 0.3) is 5.69 Å². The first-order valence-electron chi connectivity index (χ1n) is 10.6. The Balaban J connectivity index is 1.41. The van der Waals surface area contributed by atoms with Crippen molar-refractivity contribution in [2.45, 2.75) is 13.0 Å². The lowest BCUT2D eigenvalue weighted by Crippen LogP contribution is -2.47. The number of carbonyl (C=O) groups is 2. The van der Waals surface area contributed by atoms with E-state index in [-0.39, 0.29) is 24.7 Å². The van der Waals surface area contributed by atoms with Crippen LogP contribution in [0.4, 0.5) is 31.9 Å². The lowest BCUT2D eigenvalue weighted by atomic mass is 10.2. The molecule has 174 valence electrons. The van der Waals surface area contributed by atoms with Crippen molar-refractivity contribution in [3.05, 3.63) is 58.4 Å². The van der Waals surface area contributed by atoms with Gasteiger partial charge < -0.3 is 19.9 Å². The lowest BCUT2D eigenvalue weighted by molar-refractivity contribution is -0.384. The van der Waals surface area contributed by atoms with Crippen LogP contribution in [0.25, 0.3) is 0 Å². The minimum atomic E-state index is -0.587. The smallest absolute Gasteiger partial charge is 0.414 e.